The molecule has 0 unspecified atom stereocenters. The van der Waals surface area contributed by atoms with Crippen LogP contribution in [-0.4, -0.2) is 81.4 Å². The Labute approximate surface area is 190 Å². The van der Waals surface area contributed by atoms with E-state index in [-0.39, 0.29) is 0 Å². The van der Waals surface area contributed by atoms with Crippen molar-refractivity contribution in [3.8, 4) is 0 Å². The molecule has 0 bridgehead atoms. The summed E-state index contributed by atoms with van der Waals surface area (Å²) in [4.78, 5) is 37.1. The van der Waals surface area contributed by atoms with Crippen LogP contribution in [0.15, 0.2) is 18.6 Å². The van der Waals surface area contributed by atoms with Gasteiger partial charge in [0, 0.05) is 19.3 Å². The summed E-state index contributed by atoms with van der Waals surface area (Å²) in [7, 11) is 0. The number of rotatable bonds is 2. The van der Waals surface area contributed by atoms with E-state index < -0.39 is 36.4 Å². The molecule has 2 heterocycles. The molecule has 0 saturated carbocycles. The fourth-order valence-electron chi connectivity index (χ4n) is 1.87. The molecule has 0 radical (unpaired) electrons. The van der Waals surface area contributed by atoms with Crippen molar-refractivity contribution in [2.75, 3.05) is 24.5 Å². The zero-order chi connectivity index (χ0) is 28.0. The van der Waals surface area contributed by atoms with Crippen molar-refractivity contribution < 1.29 is 69.2 Å². The average molecular weight is 534 g/mol. The zero-order valence-electron chi connectivity index (χ0n) is 17.2. The Hall–Kier alpha value is -3.38. The van der Waals surface area contributed by atoms with Crippen molar-refractivity contribution in [1.29, 1.82) is 0 Å². The number of carboxylic acids is 3. The summed E-state index contributed by atoms with van der Waals surface area (Å²) in [5.74, 6) is -6.53. The molecular weight excluding hydrogens is 515 g/mol. The lowest BCUT2D eigenvalue weighted by Gasteiger charge is -2.31. The van der Waals surface area contributed by atoms with Crippen LogP contribution < -0.4 is 10.6 Å². The molecule has 2 rings (SSSR count). The standard InChI is InChI=1S/C10H16N4.3C2HF3O2/c11-7-9-2-5-14(6-3-9)10-1-4-12-8-13-10;3*3-2(4,5)1(6)7/h1,4,8-9H,2-3,5-7,11H2;3*(H,6,7). The third-order valence-electron chi connectivity index (χ3n) is 3.57. The van der Waals surface area contributed by atoms with Crippen LogP contribution in [0.2, 0.25) is 0 Å². The highest BCUT2D eigenvalue weighted by molar-refractivity contribution is 5.73. The Morgan fingerprint density at radius 3 is 1.43 bits per heavy atom. The van der Waals surface area contributed by atoms with Gasteiger partial charge in [-0.1, -0.05) is 0 Å². The number of halogens is 9. The normalized spacial score (nSPS) is 14.2. The van der Waals surface area contributed by atoms with E-state index in [1.807, 2.05) is 6.07 Å². The first-order valence-electron chi connectivity index (χ1n) is 8.84. The van der Waals surface area contributed by atoms with Gasteiger partial charge in [0.1, 0.15) is 12.1 Å². The molecule has 5 N–H and O–H groups in total. The van der Waals surface area contributed by atoms with Crippen LogP contribution in [0.3, 0.4) is 0 Å². The summed E-state index contributed by atoms with van der Waals surface area (Å²) in [6.45, 7) is 2.95. The third-order valence-corrected chi connectivity index (χ3v) is 3.57. The van der Waals surface area contributed by atoms with E-state index in [0.29, 0.717) is 5.92 Å². The Bertz CT molecular complexity index is 723. The van der Waals surface area contributed by atoms with Crippen LogP contribution in [0.1, 0.15) is 12.8 Å². The van der Waals surface area contributed by atoms with Crippen molar-refractivity contribution in [3.63, 3.8) is 0 Å². The second-order valence-corrected chi connectivity index (χ2v) is 6.14. The number of nitrogens with two attached hydrogens (primary N) is 1. The lowest BCUT2D eigenvalue weighted by molar-refractivity contribution is -0.193. The summed E-state index contributed by atoms with van der Waals surface area (Å²) in [6, 6.07) is 1.96. The topological polar surface area (TPSA) is 167 Å². The number of nitrogens with zero attached hydrogens (tertiary/aromatic N) is 3. The summed E-state index contributed by atoms with van der Waals surface area (Å²) >= 11 is 0. The number of aromatic nitrogens is 2. The molecular formula is C16H19F9N4O6. The van der Waals surface area contributed by atoms with E-state index >= 15 is 0 Å². The van der Waals surface area contributed by atoms with Crippen molar-refractivity contribution >= 4 is 23.7 Å². The molecule has 0 aliphatic carbocycles. The minimum atomic E-state index is -5.08. The number of anilines is 1. The maximum atomic E-state index is 10.6. The molecule has 202 valence electrons. The average Bonchev–Trinajstić information content (AvgIpc) is 2.74. The first-order chi connectivity index (χ1) is 15.7. The molecule has 1 aliphatic heterocycles. The number of carboxylic acid groups (broad SMARTS) is 3. The van der Waals surface area contributed by atoms with Gasteiger partial charge in [0.2, 0.25) is 0 Å². The molecule has 0 atom stereocenters. The van der Waals surface area contributed by atoms with Crippen LogP contribution in [0.4, 0.5) is 45.3 Å². The predicted molar refractivity (Wildman–Crippen MR) is 97.1 cm³/mol. The molecule has 1 fully saturated rings. The lowest BCUT2D eigenvalue weighted by Crippen LogP contribution is -2.36. The van der Waals surface area contributed by atoms with Crippen LogP contribution in [0.25, 0.3) is 0 Å². The van der Waals surface area contributed by atoms with Gasteiger partial charge < -0.3 is 26.0 Å². The summed E-state index contributed by atoms with van der Waals surface area (Å²) < 4.78 is 95.2. The Morgan fingerprint density at radius 1 is 0.857 bits per heavy atom. The van der Waals surface area contributed by atoms with Gasteiger partial charge in [0.05, 0.1) is 0 Å². The fourth-order valence-corrected chi connectivity index (χ4v) is 1.87. The van der Waals surface area contributed by atoms with E-state index in [4.69, 9.17) is 35.4 Å². The van der Waals surface area contributed by atoms with Crippen LogP contribution >= 0.6 is 0 Å². The number of piperidine rings is 1. The molecule has 35 heavy (non-hydrogen) atoms. The van der Waals surface area contributed by atoms with E-state index in [9.17, 15) is 39.5 Å². The van der Waals surface area contributed by atoms with Gasteiger partial charge in [-0.3, -0.25) is 0 Å². The lowest BCUT2D eigenvalue weighted by atomic mass is 9.97. The number of aliphatic carboxylic acids is 3. The highest BCUT2D eigenvalue weighted by Gasteiger charge is 2.39. The first-order valence-corrected chi connectivity index (χ1v) is 8.84. The van der Waals surface area contributed by atoms with E-state index in [1.54, 1.807) is 12.5 Å². The molecule has 0 amide bonds. The molecule has 1 aliphatic rings. The van der Waals surface area contributed by atoms with Gasteiger partial charge in [0.25, 0.3) is 0 Å². The van der Waals surface area contributed by atoms with Crippen LogP contribution in [0.5, 0.6) is 0 Å². The minimum Gasteiger partial charge on any atom is -0.475 e. The molecule has 1 saturated heterocycles. The van der Waals surface area contributed by atoms with Gasteiger partial charge in [-0.05, 0) is 31.4 Å². The number of hydrogen-bond acceptors (Lipinski definition) is 7. The first kappa shape index (κ1) is 33.8. The van der Waals surface area contributed by atoms with E-state index in [1.165, 1.54) is 12.8 Å². The third kappa shape index (κ3) is 16.8. The number of alkyl halides is 9. The predicted octanol–water partition coefficient (Wildman–Crippen LogP) is 2.55. The summed E-state index contributed by atoms with van der Waals surface area (Å²) in [5, 5.41) is 21.4. The largest absolute Gasteiger partial charge is 0.490 e. The van der Waals surface area contributed by atoms with Gasteiger partial charge in [-0.2, -0.15) is 39.5 Å². The highest BCUT2D eigenvalue weighted by atomic mass is 19.4. The highest BCUT2D eigenvalue weighted by Crippen LogP contribution is 2.20. The van der Waals surface area contributed by atoms with Crippen molar-refractivity contribution in [1.82, 2.24) is 9.97 Å². The zero-order valence-corrected chi connectivity index (χ0v) is 17.2. The molecule has 0 spiro atoms. The second-order valence-electron chi connectivity index (χ2n) is 6.14. The van der Waals surface area contributed by atoms with Gasteiger partial charge >= 0.3 is 36.4 Å². The van der Waals surface area contributed by atoms with Gasteiger partial charge in [-0.15, -0.1) is 0 Å². The molecule has 0 aromatic carbocycles. The SMILES string of the molecule is NCC1CCN(c2ccncn2)CC1.O=C(O)C(F)(F)F.O=C(O)C(F)(F)F.O=C(O)C(F)(F)F. The maximum Gasteiger partial charge on any atom is 0.490 e. The Balaban J connectivity index is 0. The summed E-state index contributed by atoms with van der Waals surface area (Å²) in [5.41, 5.74) is 5.64. The van der Waals surface area contributed by atoms with Gasteiger partial charge in [0.15, 0.2) is 0 Å². The van der Waals surface area contributed by atoms with Gasteiger partial charge in [-0.25, -0.2) is 24.4 Å². The van der Waals surface area contributed by atoms with E-state index in [2.05, 4.69) is 14.9 Å². The molecule has 1 aromatic rings. The summed E-state index contributed by atoms with van der Waals surface area (Å²) in [6.07, 6.45) is -9.50. The molecule has 1 aromatic heterocycles. The number of hydrogen-bond donors (Lipinski definition) is 4. The van der Waals surface area contributed by atoms with E-state index in [0.717, 1.165) is 25.5 Å². The Kier molecular flexibility index (Phi) is 14.3. The maximum absolute atomic E-state index is 10.6. The quantitative estimate of drug-likeness (QED) is 0.414. The van der Waals surface area contributed by atoms with Crippen molar-refractivity contribution in [2.24, 2.45) is 11.7 Å². The van der Waals surface area contributed by atoms with Crippen LogP contribution in [-0.2, 0) is 14.4 Å². The molecule has 10 nitrogen and oxygen atoms in total. The van der Waals surface area contributed by atoms with Crippen molar-refractivity contribution in [2.45, 2.75) is 31.4 Å². The Morgan fingerprint density at radius 2 is 1.20 bits per heavy atom. The number of carbonyl (C=O) groups is 3. The van der Waals surface area contributed by atoms with Crippen molar-refractivity contribution in [3.05, 3.63) is 18.6 Å². The fraction of sp³-hybridized carbons (Fsp3) is 0.562. The van der Waals surface area contributed by atoms with Crippen LogP contribution in [0, 0.1) is 5.92 Å². The smallest absolute Gasteiger partial charge is 0.475 e. The molecule has 19 heteroatoms. The minimum absolute atomic E-state index is 0.702. The monoisotopic (exact) mass is 534 g/mol. The second kappa shape index (κ2) is 14.8.